The number of benzene rings is 2. The molecular weight excluding hydrogens is 262 g/mol. The van der Waals surface area contributed by atoms with Gasteiger partial charge in [0.15, 0.2) is 11.6 Å². The topological polar surface area (TPSA) is 52.0 Å². The molecular formula is C15H10F2N2O. The second-order valence-electron chi connectivity index (χ2n) is 4.26. The normalized spacial score (nSPS) is 10.7. The van der Waals surface area contributed by atoms with Gasteiger partial charge in [-0.1, -0.05) is 35.5 Å². The molecule has 3 rings (SSSR count). The van der Waals surface area contributed by atoms with E-state index < -0.39 is 11.6 Å². The van der Waals surface area contributed by atoms with Crippen LogP contribution in [-0.4, -0.2) is 5.16 Å². The van der Waals surface area contributed by atoms with Gasteiger partial charge in [-0.2, -0.15) is 0 Å². The van der Waals surface area contributed by atoms with Crippen molar-refractivity contribution in [2.45, 2.75) is 0 Å². The molecule has 2 N–H and O–H groups in total. The summed E-state index contributed by atoms with van der Waals surface area (Å²) in [7, 11) is 0. The molecule has 1 aromatic heterocycles. The first-order chi connectivity index (χ1) is 9.66. The molecule has 2 aromatic carbocycles. The van der Waals surface area contributed by atoms with Gasteiger partial charge in [0, 0.05) is 11.1 Å². The lowest BCUT2D eigenvalue weighted by atomic mass is 10.0. The Kier molecular flexibility index (Phi) is 2.95. The maximum atomic E-state index is 13.9. The van der Waals surface area contributed by atoms with E-state index in [1.807, 2.05) is 0 Å². The van der Waals surface area contributed by atoms with Crippen LogP contribution in [0.15, 0.2) is 53.1 Å². The summed E-state index contributed by atoms with van der Waals surface area (Å²) in [6, 6.07) is 11.9. The van der Waals surface area contributed by atoms with E-state index in [0.29, 0.717) is 11.1 Å². The quantitative estimate of drug-likeness (QED) is 0.770. The Morgan fingerprint density at radius 1 is 1.00 bits per heavy atom. The molecule has 0 aliphatic rings. The zero-order valence-electron chi connectivity index (χ0n) is 10.3. The Morgan fingerprint density at radius 3 is 2.55 bits per heavy atom. The molecule has 0 bridgehead atoms. The van der Waals surface area contributed by atoms with Crippen molar-refractivity contribution >= 4 is 5.82 Å². The minimum absolute atomic E-state index is 0.0642. The average Bonchev–Trinajstić information content (AvgIpc) is 2.81. The van der Waals surface area contributed by atoms with Gasteiger partial charge in [0.1, 0.15) is 11.6 Å². The molecule has 0 saturated carbocycles. The molecule has 5 heteroatoms. The van der Waals surface area contributed by atoms with E-state index in [1.165, 1.54) is 24.3 Å². The van der Waals surface area contributed by atoms with E-state index in [0.717, 1.165) is 0 Å². The van der Waals surface area contributed by atoms with Crippen LogP contribution >= 0.6 is 0 Å². The smallest absolute Gasteiger partial charge is 0.177 e. The van der Waals surface area contributed by atoms with E-state index in [4.69, 9.17) is 10.3 Å². The molecule has 0 aliphatic heterocycles. The fourth-order valence-corrected chi connectivity index (χ4v) is 2.05. The summed E-state index contributed by atoms with van der Waals surface area (Å²) in [5.41, 5.74) is 6.80. The largest absolute Gasteiger partial charge is 0.380 e. The lowest BCUT2D eigenvalue weighted by Crippen LogP contribution is -1.91. The van der Waals surface area contributed by atoms with Crippen molar-refractivity contribution in [1.82, 2.24) is 5.16 Å². The summed E-state index contributed by atoms with van der Waals surface area (Å²) >= 11 is 0. The molecule has 100 valence electrons. The van der Waals surface area contributed by atoms with E-state index in [9.17, 15) is 8.78 Å². The number of anilines is 1. The van der Waals surface area contributed by atoms with Crippen molar-refractivity contribution in [3.8, 4) is 22.5 Å². The summed E-state index contributed by atoms with van der Waals surface area (Å²) < 4.78 is 32.4. The number of nitrogens with two attached hydrogens (primary N) is 1. The fourth-order valence-electron chi connectivity index (χ4n) is 2.05. The predicted octanol–water partition coefficient (Wildman–Crippen LogP) is 3.87. The lowest BCUT2D eigenvalue weighted by molar-refractivity contribution is 0.435. The maximum absolute atomic E-state index is 13.9. The molecule has 0 fully saturated rings. The van der Waals surface area contributed by atoms with Gasteiger partial charge in [-0.3, -0.25) is 0 Å². The molecule has 0 spiro atoms. The highest BCUT2D eigenvalue weighted by Crippen LogP contribution is 2.37. The van der Waals surface area contributed by atoms with Crippen molar-refractivity contribution in [2.75, 3.05) is 5.73 Å². The first-order valence-corrected chi connectivity index (χ1v) is 5.93. The minimum atomic E-state index is -0.444. The van der Waals surface area contributed by atoms with Crippen LogP contribution in [0.3, 0.4) is 0 Å². The van der Waals surface area contributed by atoms with Gasteiger partial charge in [0.25, 0.3) is 0 Å². The van der Waals surface area contributed by atoms with Gasteiger partial charge in [-0.15, -0.1) is 0 Å². The molecule has 3 aromatic rings. The molecule has 1 heterocycles. The Bertz CT molecular complexity index is 768. The number of hydrogen-bond acceptors (Lipinski definition) is 3. The highest BCUT2D eigenvalue weighted by atomic mass is 19.1. The van der Waals surface area contributed by atoms with Crippen LogP contribution in [0.5, 0.6) is 0 Å². The van der Waals surface area contributed by atoms with Crippen molar-refractivity contribution in [3.05, 3.63) is 60.2 Å². The molecule has 0 amide bonds. The predicted molar refractivity (Wildman–Crippen MR) is 71.7 cm³/mol. The Labute approximate surface area is 113 Å². The van der Waals surface area contributed by atoms with E-state index in [-0.39, 0.29) is 17.1 Å². The first kappa shape index (κ1) is 12.3. The second-order valence-corrected chi connectivity index (χ2v) is 4.26. The van der Waals surface area contributed by atoms with Crippen LogP contribution < -0.4 is 5.73 Å². The van der Waals surface area contributed by atoms with Gasteiger partial charge in [0.2, 0.25) is 0 Å². The number of halogens is 2. The first-order valence-electron chi connectivity index (χ1n) is 5.93. The van der Waals surface area contributed by atoms with Crippen LogP contribution in [0.2, 0.25) is 0 Å². The van der Waals surface area contributed by atoms with Crippen molar-refractivity contribution in [3.63, 3.8) is 0 Å². The van der Waals surface area contributed by atoms with Crippen molar-refractivity contribution in [1.29, 1.82) is 0 Å². The number of hydrogen-bond donors (Lipinski definition) is 1. The van der Waals surface area contributed by atoms with Gasteiger partial charge in [-0.25, -0.2) is 8.78 Å². The average molecular weight is 272 g/mol. The molecule has 0 aliphatic carbocycles. The number of nitrogens with zero attached hydrogens (tertiary/aromatic N) is 1. The second kappa shape index (κ2) is 4.77. The van der Waals surface area contributed by atoms with Crippen LogP contribution in [-0.2, 0) is 0 Å². The fraction of sp³-hybridized carbons (Fsp3) is 0. The molecule has 0 saturated heterocycles. The number of nitrogen functional groups attached to an aromatic ring is 1. The van der Waals surface area contributed by atoms with Crippen molar-refractivity contribution < 1.29 is 13.3 Å². The highest BCUT2D eigenvalue weighted by molar-refractivity contribution is 5.86. The molecule has 0 unspecified atom stereocenters. The zero-order chi connectivity index (χ0) is 14.1. The molecule has 0 atom stereocenters. The van der Waals surface area contributed by atoms with Crippen LogP contribution in [0, 0.1) is 11.6 Å². The third kappa shape index (κ3) is 2.03. The summed E-state index contributed by atoms with van der Waals surface area (Å²) in [6.45, 7) is 0. The van der Waals surface area contributed by atoms with Crippen LogP contribution in [0.1, 0.15) is 0 Å². The molecule has 20 heavy (non-hydrogen) atoms. The third-order valence-corrected chi connectivity index (χ3v) is 2.95. The van der Waals surface area contributed by atoms with Crippen LogP contribution in [0.4, 0.5) is 14.6 Å². The summed E-state index contributed by atoms with van der Waals surface area (Å²) in [4.78, 5) is 0. The monoisotopic (exact) mass is 272 g/mol. The van der Waals surface area contributed by atoms with Crippen molar-refractivity contribution in [2.24, 2.45) is 0 Å². The summed E-state index contributed by atoms with van der Waals surface area (Å²) in [6.07, 6.45) is 0. The van der Waals surface area contributed by atoms with Gasteiger partial charge >= 0.3 is 0 Å². The summed E-state index contributed by atoms with van der Waals surface area (Å²) in [5.74, 6) is -0.557. The number of rotatable bonds is 2. The molecule has 0 radical (unpaired) electrons. The zero-order valence-corrected chi connectivity index (χ0v) is 10.3. The van der Waals surface area contributed by atoms with Gasteiger partial charge in [0.05, 0.1) is 5.56 Å². The minimum Gasteiger partial charge on any atom is -0.380 e. The van der Waals surface area contributed by atoms with E-state index in [2.05, 4.69) is 5.16 Å². The Balaban J connectivity index is 2.23. The highest BCUT2D eigenvalue weighted by Gasteiger charge is 2.20. The van der Waals surface area contributed by atoms with Crippen LogP contribution in [0.25, 0.3) is 22.5 Å². The third-order valence-electron chi connectivity index (χ3n) is 2.95. The maximum Gasteiger partial charge on any atom is 0.177 e. The number of aromatic nitrogens is 1. The standard InChI is InChI=1S/C15H10F2N2O/c16-10-5-3-4-9(8-10)14-13(15(18)19-20-14)11-6-1-2-7-12(11)17/h1-8H,(H2,18,19). The molecule has 3 nitrogen and oxygen atoms in total. The Morgan fingerprint density at radius 2 is 1.80 bits per heavy atom. The lowest BCUT2D eigenvalue weighted by Gasteiger charge is -2.04. The summed E-state index contributed by atoms with van der Waals surface area (Å²) in [5, 5.41) is 3.65. The van der Waals surface area contributed by atoms with Gasteiger partial charge < -0.3 is 10.3 Å². The van der Waals surface area contributed by atoms with E-state index in [1.54, 1.807) is 24.3 Å². The van der Waals surface area contributed by atoms with Gasteiger partial charge in [-0.05, 0) is 18.2 Å². The Hall–Kier alpha value is -2.69. The SMILES string of the molecule is Nc1noc(-c2cccc(F)c2)c1-c1ccccc1F. The van der Waals surface area contributed by atoms with E-state index >= 15 is 0 Å².